The lowest BCUT2D eigenvalue weighted by atomic mass is 9.72. The Morgan fingerprint density at radius 1 is 0.636 bits per heavy atom. The second kappa shape index (κ2) is 23.9. The zero-order valence-corrected chi connectivity index (χ0v) is 40.9. The molecule has 4 N–H and O–H groups in total. The summed E-state index contributed by atoms with van der Waals surface area (Å²) in [5.74, 6) is -15.1. The SMILES string of the molecule is NC[C@@](Cc1ccccc1)(c1cc(F)cc(OC(F)(F)C(F)F)c1)c1ccc(Cl)cn1.O=C(NC[C@@](Cc1ccccc1)(c1cc(F)cc(OC(F)(F)C(F)F)c1)c1ccc(Cl)cn1)C1CC1(F)F.O=C(O)C1CC1(F)F. The highest BCUT2D eigenvalue weighted by molar-refractivity contribution is 6.30. The molecule has 0 saturated heterocycles. The van der Waals surface area contributed by atoms with Crippen molar-refractivity contribution in [3.63, 3.8) is 0 Å². The molecule has 2 saturated carbocycles. The first kappa shape index (κ1) is 59.5. The minimum Gasteiger partial charge on any atom is -0.481 e. The number of hydrogen-bond donors (Lipinski definition) is 3. The van der Waals surface area contributed by atoms with Gasteiger partial charge in [0, 0.05) is 50.5 Å². The van der Waals surface area contributed by atoms with Gasteiger partial charge in [-0.3, -0.25) is 19.6 Å². The molecular formula is C52H42Cl2F14N4O5. The average molecular weight is 1140 g/mol. The normalized spacial score (nSPS) is 17.8. The molecule has 4 atom stereocenters. The molecule has 412 valence electrons. The lowest BCUT2D eigenvalue weighted by Crippen LogP contribution is -2.45. The van der Waals surface area contributed by atoms with Crippen molar-refractivity contribution in [2.24, 2.45) is 17.6 Å². The van der Waals surface area contributed by atoms with Gasteiger partial charge >= 0.3 is 31.0 Å². The molecule has 2 fully saturated rings. The smallest absolute Gasteiger partial charge is 0.461 e. The molecule has 0 radical (unpaired) electrons. The number of aliphatic carboxylic acids is 1. The van der Waals surface area contributed by atoms with Crippen LogP contribution < -0.4 is 20.5 Å². The number of carboxylic acids is 1. The van der Waals surface area contributed by atoms with E-state index in [1.807, 2.05) is 18.2 Å². The number of pyridine rings is 2. The molecule has 2 aliphatic carbocycles. The van der Waals surface area contributed by atoms with Crippen LogP contribution in [0, 0.1) is 23.5 Å². The summed E-state index contributed by atoms with van der Waals surface area (Å²) in [6.07, 6.45) is -16.3. The van der Waals surface area contributed by atoms with E-state index in [1.54, 1.807) is 54.6 Å². The lowest BCUT2D eigenvalue weighted by Gasteiger charge is -2.35. The Morgan fingerprint density at radius 2 is 1.03 bits per heavy atom. The van der Waals surface area contributed by atoms with Crippen LogP contribution >= 0.6 is 23.2 Å². The first-order valence-electron chi connectivity index (χ1n) is 22.6. The Hall–Kier alpha value is -6.72. The number of alkyl halides is 12. The van der Waals surface area contributed by atoms with E-state index in [0.717, 1.165) is 29.8 Å². The fraction of sp³-hybridized carbons (Fsp3) is 0.308. The van der Waals surface area contributed by atoms with Gasteiger partial charge < -0.3 is 25.6 Å². The van der Waals surface area contributed by atoms with Gasteiger partial charge in [0.15, 0.2) is 0 Å². The predicted octanol–water partition coefficient (Wildman–Crippen LogP) is 12.7. The van der Waals surface area contributed by atoms with E-state index < -0.39 is 114 Å². The van der Waals surface area contributed by atoms with Gasteiger partial charge in [-0.25, -0.2) is 26.3 Å². The van der Waals surface area contributed by atoms with Crippen LogP contribution in [0.3, 0.4) is 0 Å². The molecule has 9 nitrogen and oxygen atoms in total. The summed E-state index contributed by atoms with van der Waals surface area (Å²) < 4.78 is 193. The number of amides is 1. The number of nitrogens with two attached hydrogens (primary N) is 1. The Labute approximate surface area is 439 Å². The van der Waals surface area contributed by atoms with E-state index >= 15 is 0 Å². The maximum atomic E-state index is 14.8. The number of carbonyl (C=O) groups is 2. The quantitative estimate of drug-likeness (QED) is 0.0682. The molecule has 0 spiro atoms. The van der Waals surface area contributed by atoms with Crippen LogP contribution in [0.15, 0.2) is 134 Å². The van der Waals surface area contributed by atoms with Crippen LogP contribution in [0.4, 0.5) is 61.5 Å². The maximum absolute atomic E-state index is 14.8. The van der Waals surface area contributed by atoms with Crippen molar-refractivity contribution >= 4 is 35.1 Å². The number of ether oxygens (including phenoxy) is 2. The second-order valence-electron chi connectivity index (χ2n) is 17.8. The van der Waals surface area contributed by atoms with Gasteiger partial charge in [-0.15, -0.1) is 0 Å². The minimum atomic E-state index is -4.92. The monoisotopic (exact) mass is 1140 g/mol. The number of hydrogen-bond acceptors (Lipinski definition) is 7. The van der Waals surface area contributed by atoms with E-state index in [-0.39, 0.29) is 41.2 Å². The first-order chi connectivity index (χ1) is 36.0. The molecule has 77 heavy (non-hydrogen) atoms. The zero-order chi connectivity index (χ0) is 56.7. The van der Waals surface area contributed by atoms with Gasteiger partial charge in [0.05, 0.1) is 32.3 Å². The third-order valence-corrected chi connectivity index (χ3v) is 12.6. The average Bonchev–Trinajstić information content (AvgIpc) is 4.23. The number of halogens is 16. The van der Waals surface area contributed by atoms with Gasteiger partial charge in [0.2, 0.25) is 5.91 Å². The van der Waals surface area contributed by atoms with Crippen LogP contribution in [-0.4, -0.2) is 77.0 Å². The molecular weight excluding hydrogens is 1100 g/mol. The third-order valence-electron chi connectivity index (χ3n) is 12.2. The Morgan fingerprint density at radius 3 is 1.36 bits per heavy atom. The van der Waals surface area contributed by atoms with Crippen molar-refractivity contribution in [2.75, 3.05) is 13.1 Å². The largest absolute Gasteiger partial charge is 0.481 e. The Kier molecular flexibility index (Phi) is 18.5. The molecule has 2 aliphatic rings. The highest BCUT2D eigenvalue weighted by Gasteiger charge is 2.62. The molecule has 2 unspecified atom stereocenters. The molecule has 0 aliphatic heterocycles. The molecule has 4 aromatic carbocycles. The number of carboxylic acid groups (broad SMARTS) is 1. The fourth-order valence-corrected chi connectivity index (χ4v) is 8.20. The molecule has 6 aromatic rings. The van der Waals surface area contributed by atoms with Crippen molar-refractivity contribution in [1.82, 2.24) is 15.3 Å². The summed E-state index contributed by atoms with van der Waals surface area (Å²) in [5, 5.41) is 10.9. The number of aromatic nitrogens is 2. The summed E-state index contributed by atoms with van der Waals surface area (Å²) in [4.78, 5) is 30.8. The van der Waals surface area contributed by atoms with Gasteiger partial charge in [0.25, 0.3) is 11.8 Å². The van der Waals surface area contributed by atoms with Gasteiger partial charge in [0.1, 0.15) is 35.0 Å². The van der Waals surface area contributed by atoms with E-state index in [1.165, 1.54) is 24.5 Å². The van der Waals surface area contributed by atoms with Gasteiger partial charge in [-0.1, -0.05) is 83.9 Å². The second-order valence-corrected chi connectivity index (χ2v) is 18.7. The topological polar surface area (TPSA) is 137 Å². The van der Waals surface area contributed by atoms with Crippen LogP contribution in [-0.2, 0) is 33.3 Å². The molecule has 2 aromatic heterocycles. The van der Waals surface area contributed by atoms with Crippen LogP contribution in [0.25, 0.3) is 0 Å². The summed E-state index contributed by atoms with van der Waals surface area (Å²) >= 11 is 11.9. The highest BCUT2D eigenvalue weighted by Crippen LogP contribution is 2.50. The number of benzene rings is 4. The van der Waals surface area contributed by atoms with Crippen molar-refractivity contribution in [1.29, 1.82) is 0 Å². The summed E-state index contributed by atoms with van der Waals surface area (Å²) in [6, 6.07) is 28.8. The molecule has 0 bridgehead atoms. The number of rotatable bonds is 19. The van der Waals surface area contributed by atoms with Crippen LogP contribution in [0.5, 0.6) is 11.5 Å². The number of nitrogens with zero attached hydrogens (tertiary/aromatic N) is 2. The van der Waals surface area contributed by atoms with E-state index in [2.05, 4.69) is 24.8 Å². The van der Waals surface area contributed by atoms with Gasteiger partial charge in [-0.2, -0.15) is 35.1 Å². The van der Waals surface area contributed by atoms with E-state index in [4.69, 9.17) is 34.0 Å². The summed E-state index contributed by atoms with van der Waals surface area (Å²) in [6.45, 7) is -0.513. The van der Waals surface area contributed by atoms with Crippen LogP contribution in [0.1, 0.15) is 46.5 Å². The Balaban J connectivity index is 0.000000221. The standard InChI is InChI=1S/C26H20ClF7N2O2.C22H18ClF5N2O.C4H4F2O2/c27-17-6-7-21(35-13-17)24(11-15-4-2-1-3-5-15,14-36-22(37)20-12-25(20,31)32)16-8-18(28)10-19(9-16)38-26(33,34)23(29)30;23-16-6-7-19(30-12-16)21(13-29,11-14-4-2-1-3-5-14)15-8-17(24)10-18(9-15)31-22(27,28)20(25)26;5-4(6)1-2(4)3(7)8/h1-10,13,20,23H,11-12,14H2,(H,36,37);1-10,12,20H,11,13,29H2;2H,1H2,(H,7,8)/t20?,24-;21-;/m00./s1. The summed E-state index contributed by atoms with van der Waals surface area (Å²) in [7, 11) is 0. The van der Waals surface area contributed by atoms with E-state index in [0.29, 0.717) is 28.4 Å². The number of nitrogens with one attached hydrogen (secondary N) is 1. The first-order valence-corrected chi connectivity index (χ1v) is 23.4. The predicted molar refractivity (Wildman–Crippen MR) is 252 cm³/mol. The maximum Gasteiger partial charge on any atom is 0.461 e. The van der Waals surface area contributed by atoms with Crippen LogP contribution in [0.2, 0.25) is 10.0 Å². The molecule has 8 rings (SSSR count). The minimum absolute atomic E-state index is 0.0298. The molecule has 25 heteroatoms. The van der Waals surface area contributed by atoms with Gasteiger partial charge in [-0.05, 0) is 83.6 Å². The summed E-state index contributed by atoms with van der Waals surface area (Å²) in [5.41, 5.74) is 5.48. The number of carbonyl (C=O) groups excluding carboxylic acids is 1. The zero-order valence-electron chi connectivity index (χ0n) is 39.4. The van der Waals surface area contributed by atoms with Crippen molar-refractivity contribution in [2.45, 2.75) is 73.4 Å². The van der Waals surface area contributed by atoms with Crippen molar-refractivity contribution in [3.05, 3.63) is 189 Å². The molecule has 1 amide bonds. The molecule has 2 heterocycles. The van der Waals surface area contributed by atoms with E-state index in [9.17, 15) is 71.1 Å². The lowest BCUT2D eigenvalue weighted by molar-refractivity contribution is -0.253. The van der Waals surface area contributed by atoms with Crippen molar-refractivity contribution in [3.8, 4) is 11.5 Å². The van der Waals surface area contributed by atoms with Crippen molar-refractivity contribution < 1.29 is 85.6 Å². The fourth-order valence-electron chi connectivity index (χ4n) is 7.98. The third kappa shape index (κ3) is 15.1. The Bertz CT molecular complexity index is 2970. The highest BCUT2D eigenvalue weighted by atomic mass is 35.5.